The number of aromatic hydroxyl groups is 1. The predicted octanol–water partition coefficient (Wildman–Crippen LogP) is 3.84. The summed E-state index contributed by atoms with van der Waals surface area (Å²) in [5.74, 6) is -2.34. The van der Waals surface area contributed by atoms with Crippen LogP contribution in [0.15, 0.2) is 46.6 Å². The summed E-state index contributed by atoms with van der Waals surface area (Å²) in [6.45, 7) is 3.95. The zero-order valence-corrected chi connectivity index (χ0v) is 21.9. The predicted molar refractivity (Wildman–Crippen MR) is 136 cm³/mol. The van der Waals surface area contributed by atoms with E-state index in [1.807, 2.05) is 35.6 Å². The number of amides is 2. The Bertz CT molecular complexity index is 1290. The molecule has 1 saturated heterocycles. The number of nitrogens with zero attached hydrogens (tertiary/aromatic N) is 1. The van der Waals surface area contributed by atoms with Crippen molar-refractivity contribution in [2.75, 3.05) is 13.7 Å². The number of carbonyl (C=O) groups excluding carboxylic acids is 4. The molecule has 35 heavy (non-hydrogen) atoms. The second kappa shape index (κ2) is 8.72. The summed E-state index contributed by atoms with van der Waals surface area (Å²) in [5.41, 5.74) is 2.84. The molecule has 0 bridgehead atoms. The summed E-state index contributed by atoms with van der Waals surface area (Å²) in [6.07, 6.45) is 4.75. The van der Waals surface area contributed by atoms with Crippen LogP contribution in [0, 0.1) is 21.3 Å². The molecule has 5 rings (SSSR count). The third-order valence-corrected chi connectivity index (χ3v) is 8.53. The van der Waals surface area contributed by atoms with E-state index in [2.05, 4.69) is 0 Å². The fourth-order valence-corrected chi connectivity index (χ4v) is 6.81. The summed E-state index contributed by atoms with van der Waals surface area (Å²) in [4.78, 5) is 54.5. The van der Waals surface area contributed by atoms with Crippen molar-refractivity contribution >= 4 is 46.0 Å². The van der Waals surface area contributed by atoms with Crippen LogP contribution in [0.1, 0.15) is 44.6 Å². The molecular formula is C27H26INO6. The normalized spacial score (nSPS) is 27.9. The van der Waals surface area contributed by atoms with E-state index in [1.165, 1.54) is 18.1 Å². The first-order valence-electron chi connectivity index (χ1n) is 11.8. The molecule has 8 heteroatoms. The number of phenolic OH excluding ortho intramolecular Hbond substituents is 1. The topological polar surface area (TPSA) is 101 Å². The van der Waals surface area contributed by atoms with Gasteiger partial charge in [0, 0.05) is 29.2 Å². The lowest BCUT2D eigenvalue weighted by molar-refractivity contribution is -0.140. The lowest BCUT2D eigenvalue weighted by atomic mass is 9.59. The van der Waals surface area contributed by atoms with Crippen LogP contribution in [0.4, 0.5) is 0 Å². The van der Waals surface area contributed by atoms with Crippen molar-refractivity contribution in [3.05, 3.63) is 55.7 Å². The molecular weight excluding hydrogens is 561 g/mol. The Morgan fingerprint density at radius 2 is 1.89 bits per heavy atom. The number of methoxy groups -OCH3 is 1. The zero-order valence-electron chi connectivity index (χ0n) is 19.8. The number of allylic oxidation sites excluding steroid dienone is 6. The summed E-state index contributed by atoms with van der Waals surface area (Å²) in [6, 6.07) is 3.48. The van der Waals surface area contributed by atoms with Gasteiger partial charge < -0.3 is 9.84 Å². The van der Waals surface area contributed by atoms with E-state index < -0.39 is 17.8 Å². The van der Waals surface area contributed by atoms with Crippen LogP contribution in [0.5, 0.6) is 11.5 Å². The van der Waals surface area contributed by atoms with E-state index in [1.54, 1.807) is 19.1 Å². The highest BCUT2D eigenvalue weighted by Gasteiger charge is 2.56. The van der Waals surface area contributed by atoms with Gasteiger partial charge in [-0.1, -0.05) is 18.6 Å². The molecule has 182 valence electrons. The monoisotopic (exact) mass is 587 g/mol. The largest absolute Gasteiger partial charge is 0.504 e. The quantitative estimate of drug-likeness (QED) is 0.249. The highest BCUT2D eigenvalue weighted by molar-refractivity contribution is 14.1. The maximum absolute atomic E-state index is 13.5. The Morgan fingerprint density at radius 1 is 1.14 bits per heavy atom. The molecule has 0 spiro atoms. The number of carbonyl (C=O) groups is 4. The molecule has 1 heterocycles. The molecule has 1 aromatic rings. The summed E-state index contributed by atoms with van der Waals surface area (Å²) >= 11 is 2.01. The second-order valence-electron chi connectivity index (χ2n) is 9.61. The van der Waals surface area contributed by atoms with E-state index in [4.69, 9.17) is 4.74 Å². The molecule has 0 aromatic heterocycles. The van der Waals surface area contributed by atoms with E-state index in [9.17, 15) is 24.3 Å². The van der Waals surface area contributed by atoms with Crippen LogP contribution in [-0.2, 0) is 19.2 Å². The van der Waals surface area contributed by atoms with Crippen LogP contribution < -0.4 is 4.74 Å². The Labute approximate surface area is 217 Å². The maximum atomic E-state index is 13.5. The van der Waals surface area contributed by atoms with Crippen molar-refractivity contribution in [2.45, 2.75) is 39.0 Å². The Hall–Kier alpha value is -2.75. The van der Waals surface area contributed by atoms with Crippen molar-refractivity contribution in [1.29, 1.82) is 0 Å². The number of benzene rings is 1. The number of hydrogen-bond acceptors (Lipinski definition) is 6. The van der Waals surface area contributed by atoms with E-state index in [0.717, 1.165) is 5.57 Å². The first-order chi connectivity index (χ1) is 16.7. The van der Waals surface area contributed by atoms with E-state index in [0.29, 0.717) is 45.2 Å². The van der Waals surface area contributed by atoms with Gasteiger partial charge in [-0.2, -0.15) is 0 Å². The van der Waals surface area contributed by atoms with Crippen molar-refractivity contribution in [1.82, 2.24) is 4.90 Å². The molecule has 0 radical (unpaired) electrons. The molecule has 0 saturated carbocycles. The van der Waals surface area contributed by atoms with Crippen LogP contribution in [0.25, 0.3) is 0 Å². The maximum Gasteiger partial charge on any atom is 0.233 e. The number of imide groups is 1. The smallest absolute Gasteiger partial charge is 0.233 e. The number of halogens is 1. The van der Waals surface area contributed by atoms with Crippen LogP contribution >= 0.6 is 22.6 Å². The van der Waals surface area contributed by atoms with Gasteiger partial charge in [0.15, 0.2) is 23.1 Å². The van der Waals surface area contributed by atoms with Gasteiger partial charge in [0.05, 0.1) is 22.5 Å². The number of phenols is 1. The van der Waals surface area contributed by atoms with Crippen molar-refractivity contribution in [3.63, 3.8) is 0 Å². The molecule has 1 fully saturated rings. The fraction of sp³-hybridized carbons (Fsp3) is 0.407. The van der Waals surface area contributed by atoms with Gasteiger partial charge >= 0.3 is 0 Å². The molecule has 1 aromatic carbocycles. The van der Waals surface area contributed by atoms with Gasteiger partial charge in [-0.05, 0) is 78.5 Å². The first-order valence-corrected chi connectivity index (χ1v) is 12.9. The lowest BCUT2D eigenvalue weighted by Gasteiger charge is -2.42. The molecule has 1 aliphatic heterocycles. The zero-order chi connectivity index (χ0) is 25.2. The van der Waals surface area contributed by atoms with Gasteiger partial charge in [-0.3, -0.25) is 24.1 Å². The average molecular weight is 587 g/mol. The minimum absolute atomic E-state index is 0.00432. The fourth-order valence-electron chi connectivity index (χ4n) is 6.19. The standard InChI is InChI=1S/C27H26INO6/c1-4-7-29-26(33)15-6-5-14-16(22(15)27(29)34)11-17-23(19(30)8-12(2)24(17)31)21(14)13-9-18(28)25(32)20(10-13)35-3/h5,8-10,15-16,21-22,32H,4,6-7,11H2,1-3H3. The van der Waals surface area contributed by atoms with E-state index in [-0.39, 0.29) is 47.2 Å². The SMILES string of the molecule is CCCN1C(=O)C2CC=C3C(c4cc(I)c(O)c(OC)c4)C4=C(CC3C2C1=O)C(=O)C(C)=CC4=O. The summed E-state index contributed by atoms with van der Waals surface area (Å²) < 4.78 is 5.93. The molecule has 4 aliphatic rings. The van der Waals surface area contributed by atoms with Gasteiger partial charge in [0.2, 0.25) is 11.8 Å². The van der Waals surface area contributed by atoms with Crippen molar-refractivity contribution in [3.8, 4) is 11.5 Å². The molecule has 7 nitrogen and oxygen atoms in total. The Kier molecular flexibility index (Phi) is 5.97. The van der Waals surface area contributed by atoms with Crippen molar-refractivity contribution < 1.29 is 29.0 Å². The van der Waals surface area contributed by atoms with Crippen molar-refractivity contribution in [2.24, 2.45) is 17.8 Å². The summed E-state index contributed by atoms with van der Waals surface area (Å²) in [5, 5.41) is 10.4. The number of fused-ring (bicyclic) bond motifs is 3. The number of ether oxygens (including phenoxy) is 1. The third-order valence-electron chi connectivity index (χ3n) is 7.70. The van der Waals surface area contributed by atoms with E-state index >= 15 is 0 Å². The number of likely N-dealkylation sites (tertiary alicyclic amines) is 1. The average Bonchev–Trinajstić information content (AvgIpc) is 3.08. The lowest BCUT2D eigenvalue weighted by Crippen LogP contribution is -2.39. The molecule has 2 amide bonds. The number of ketones is 2. The molecule has 4 unspecified atom stereocenters. The highest BCUT2D eigenvalue weighted by Crippen LogP contribution is 2.55. The van der Waals surface area contributed by atoms with Gasteiger partial charge in [0.1, 0.15) is 0 Å². The molecule has 1 N–H and O–H groups in total. The number of rotatable bonds is 4. The molecule has 3 aliphatic carbocycles. The Morgan fingerprint density at radius 3 is 2.57 bits per heavy atom. The van der Waals surface area contributed by atoms with Gasteiger partial charge in [0.25, 0.3) is 0 Å². The van der Waals surface area contributed by atoms with Crippen LogP contribution in [-0.4, -0.2) is 47.0 Å². The highest BCUT2D eigenvalue weighted by atomic mass is 127. The van der Waals surface area contributed by atoms with Gasteiger partial charge in [-0.15, -0.1) is 0 Å². The van der Waals surface area contributed by atoms with Crippen LogP contribution in [0.3, 0.4) is 0 Å². The van der Waals surface area contributed by atoms with Gasteiger partial charge in [-0.25, -0.2) is 0 Å². The number of Topliss-reactive ketones (excluding diaryl/α,β-unsaturated/α-hetero) is 1. The van der Waals surface area contributed by atoms with Crippen LogP contribution in [0.2, 0.25) is 0 Å². The minimum Gasteiger partial charge on any atom is -0.504 e. The summed E-state index contributed by atoms with van der Waals surface area (Å²) in [7, 11) is 1.46. The minimum atomic E-state index is -0.559. The Balaban J connectivity index is 1.70. The molecule has 4 atom stereocenters. The third kappa shape index (κ3) is 3.51. The second-order valence-corrected chi connectivity index (χ2v) is 10.8. The number of hydrogen-bond donors (Lipinski definition) is 1. The first kappa shape index (κ1) is 24.0.